The van der Waals surface area contributed by atoms with Crippen LogP contribution in [-0.2, 0) is 11.2 Å². The molecule has 6 heteroatoms. The smallest absolute Gasteiger partial charge is 0.303 e. The lowest BCUT2D eigenvalue weighted by Crippen LogP contribution is -2.29. The van der Waals surface area contributed by atoms with Crippen molar-refractivity contribution in [3.8, 4) is 0 Å². The number of carboxylic acid groups (broad SMARTS) is 1. The van der Waals surface area contributed by atoms with E-state index in [1.54, 1.807) is 0 Å². The lowest BCUT2D eigenvalue weighted by molar-refractivity contribution is -0.137. The van der Waals surface area contributed by atoms with Gasteiger partial charge < -0.3 is 25.7 Å². The summed E-state index contributed by atoms with van der Waals surface area (Å²) >= 11 is 0. The van der Waals surface area contributed by atoms with Crippen LogP contribution in [0.3, 0.4) is 0 Å². The lowest BCUT2D eigenvalue weighted by atomic mass is 9.91. The summed E-state index contributed by atoms with van der Waals surface area (Å²) in [5, 5.41) is 42.7. The van der Waals surface area contributed by atoms with Crippen LogP contribution in [0.2, 0.25) is 0 Å². The number of aliphatic hydroxyl groups excluding tert-OH is 3. The van der Waals surface area contributed by atoms with Crippen LogP contribution >= 0.6 is 0 Å². The zero-order chi connectivity index (χ0) is 27.3. The first-order valence-corrected chi connectivity index (χ1v) is 14.2. The Morgan fingerprint density at radius 1 is 0.946 bits per heavy atom. The van der Waals surface area contributed by atoms with Crippen molar-refractivity contribution in [3.63, 3.8) is 0 Å². The molecular weight excluding hydrogens is 466 g/mol. The summed E-state index contributed by atoms with van der Waals surface area (Å²) in [6.07, 6.45) is 13.0. The van der Waals surface area contributed by atoms with Crippen LogP contribution in [-0.4, -0.2) is 57.8 Å². The molecular formula is C31H51NO5. The Balaban J connectivity index is 2.98. The molecule has 0 aliphatic rings. The highest BCUT2D eigenvalue weighted by Crippen LogP contribution is 2.25. The molecule has 3 atom stereocenters. The highest BCUT2D eigenvalue weighted by Gasteiger charge is 2.14. The van der Waals surface area contributed by atoms with Crippen molar-refractivity contribution in [1.29, 1.82) is 0 Å². The van der Waals surface area contributed by atoms with E-state index in [1.807, 2.05) is 37.3 Å². The van der Waals surface area contributed by atoms with Crippen molar-refractivity contribution in [3.05, 3.63) is 59.2 Å². The van der Waals surface area contributed by atoms with Gasteiger partial charge >= 0.3 is 5.97 Å². The lowest BCUT2D eigenvalue weighted by Gasteiger charge is -2.19. The van der Waals surface area contributed by atoms with E-state index in [1.165, 1.54) is 5.56 Å². The van der Waals surface area contributed by atoms with Gasteiger partial charge in [0.2, 0.25) is 0 Å². The molecule has 0 saturated carbocycles. The van der Waals surface area contributed by atoms with Crippen LogP contribution in [0.5, 0.6) is 0 Å². The second kappa shape index (κ2) is 21.0. The van der Waals surface area contributed by atoms with Crippen LogP contribution in [0.25, 0.3) is 0 Å². The average molecular weight is 518 g/mol. The third kappa shape index (κ3) is 16.5. The Hall–Kier alpha value is -1.99. The van der Waals surface area contributed by atoms with E-state index in [0.29, 0.717) is 12.8 Å². The minimum atomic E-state index is -0.810. The normalized spacial score (nSPS) is 14.9. The fourth-order valence-electron chi connectivity index (χ4n) is 4.64. The number of carbonyl (C=O) groups is 1. The Bertz CT molecular complexity index is 777. The van der Waals surface area contributed by atoms with Gasteiger partial charge in [-0.25, -0.2) is 0 Å². The number of aliphatic hydroxyl groups is 3. The van der Waals surface area contributed by atoms with Gasteiger partial charge in [-0.2, -0.15) is 0 Å². The van der Waals surface area contributed by atoms with Crippen LogP contribution in [0.4, 0.5) is 0 Å². The second-order valence-corrected chi connectivity index (χ2v) is 10.0. The van der Waals surface area contributed by atoms with Gasteiger partial charge in [-0.3, -0.25) is 4.79 Å². The molecule has 0 amide bonds. The third-order valence-electron chi connectivity index (χ3n) is 6.78. The number of aliphatic carboxylic acids is 1. The number of carboxylic acids is 1. The van der Waals surface area contributed by atoms with Gasteiger partial charge in [0.15, 0.2) is 0 Å². The summed E-state index contributed by atoms with van der Waals surface area (Å²) in [4.78, 5) is 11.0. The number of hydrogen-bond donors (Lipinski definition) is 5. The number of hydrogen-bond acceptors (Lipinski definition) is 5. The number of nitrogens with one attached hydrogen (secondary N) is 1. The van der Waals surface area contributed by atoms with Crippen molar-refractivity contribution < 1.29 is 25.2 Å². The molecule has 5 N–H and O–H groups in total. The van der Waals surface area contributed by atoms with Gasteiger partial charge in [0.1, 0.15) is 0 Å². The number of aryl methyl sites for hydroxylation is 1. The van der Waals surface area contributed by atoms with Gasteiger partial charge in [0, 0.05) is 12.5 Å². The molecule has 37 heavy (non-hydrogen) atoms. The summed E-state index contributed by atoms with van der Waals surface area (Å²) in [5.74, 6) is -0.766. The van der Waals surface area contributed by atoms with Crippen LogP contribution < -0.4 is 5.32 Å². The molecule has 1 rings (SSSR count). The highest BCUT2D eigenvalue weighted by atomic mass is 16.4. The molecule has 0 heterocycles. The molecule has 0 unspecified atom stereocenters. The van der Waals surface area contributed by atoms with E-state index in [4.69, 9.17) is 5.11 Å². The van der Waals surface area contributed by atoms with Crippen LogP contribution in [0.1, 0.15) is 96.5 Å². The SMILES string of the molecule is CCCCC[C@H](O)/C=C/C(CCc1ccccc1)=C(/CCCC[C@H](CCC(=O)O)NCC)C[C@H](O)CO. The Morgan fingerprint density at radius 2 is 1.68 bits per heavy atom. The maximum Gasteiger partial charge on any atom is 0.303 e. The summed E-state index contributed by atoms with van der Waals surface area (Å²) < 4.78 is 0. The van der Waals surface area contributed by atoms with Crippen molar-refractivity contribution in [2.24, 2.45) is 0 Å². The molecule has 0 saturated heterocycles. The van der Waals surface area contributed by atoms with E-state index < -0.39 is 18.2 Å². The average Bonchev–Trinajstić information content (AvgIpc) is 2.89. The highest BCUT2D eigenvalue weighted by molar-refractivity contribution is 5.66. The van der Waals surface area contributed by atoms with Crippen LogP contribution in [0, 0.1) is 0 Å². The van der Waals surface area contributed by atoms with Gasteiger partial charge in [0.25, 0.3) is 0 Å². The molecule has 0 spiro atoms. The largest absolute Gasteiger partial charge is 0.481 e. The number of unbranched alkanes of at least 4 members (excludes halogenated alkanes) is 3. The van der Waals surface area contributed by atoms with E-state index in [2.05, 4.69) is 24.4 Å². The fraction of sp³-hybridized carbons (Fsp3) is 0.645. The van der Waals surface area contributed by atoms with Gasteiger partial charge in [-0.1, -0.05) is 87.6 Å². The Morgan fingerprint density at radius 3 is 2.32 bits per heavy atom. The van der Waals surface area contributed by atoms with Crippen molar-refractivity contribution >= 4 is 5.97 Å². The first-order chi connectivity index (χ1) is 17.9. The predicted octanol–water partition coefficient (Wildman–Crippen LogP) is 5.56. The molecule has 0 bridgehead atoms. The monoisotopic (exact) mass is 517 g/mol. The van der Waals surface area contributed by atoms with Gasteiger partial charge in [0.05, 0.1) is 18.8 Å². The second-order valence-electron chi connectivity index (χ2n) is 10.0. The van der Waals surface area contributed by atoms with Crippen molar-refractivity contribution in [2.75, 3.05) is 13.2 Å². The Kier molecular flexibility index (Phi) is 18.8. The molecule has 1 aromatic rings. The van der Waals surface area contributed by atoms with Gasteiger partial charge in [-0.05, 0) is 69.0 Å². The first kappa shape index (κ1) is 33.0. The van der Waals surface area contributed by atoms with E-state index in [-0.39, 0.29) is 19.1 Å². The number of rotatable bonds is 22. The summed E-state index contributed by atoms with van der Waals surface area (Å²) in [6, 6.07) is 10.5. The van der Waals surface area contributed by atoms with E-state index in [0.717, 1.165) is 81.9 Å². The first-order valence-electron chi connectivity index (χ1n) is 14.2. The van der Waals surface area contributed by atoms with E-state index in [9.17, 15) is 20.1 Å². The van der Waals surface area contributed by atoms with Crippen molar-refractivity contribution in [1.82, 2.24) is 5.32 Å². The summed E-state index contributed by atoms with van der Waals surface area (Å²) in [6.45, 7) is 4.72. The third-order valence-corrected chi connectivity index (χ3v) is 6.78. The van der Waals surface area contributed by atoms with E-state index >= 15 is 0 Å². The molecule has 6 nitrogen and oxygen atoms in total. The molecule has 0 fully saturated rings. The minimum absolute atomic E-state index is 0.167. The summed E-state index contributed by atoms with van der Waals surface area (Å²) in [7, 11) is 0. The molecule has 210 valence electrons. The standard InChI is InChI=1S/C31H51NO5/c1-3-5-7-16-29(34)21-19-26(18-17-25-12-8-6-9-13-25)27(23-30(35)24-33)14-10-11-15-28(32-4-2)20-22-31(36)37/h6,8-9,12-13,19,21,28-30,32-35H,3-5,7,10-11,14-18,20,22-24H2,1-2H3,(H,36,37)/b21-19+,27-26-/t28-,29+,30+/m1/s1. The fourth-order valence-corrected chi connectivity index (χ4v) is 4.64. The van der Waals surface area contributed by atoms with Gasteiger partial charge in [-0.15, -0.1) is 0 Å². The summed E-state index contributed by atoms with van der Waals surface area (Å²) in [5.41, 5.74) is 3.49. The van der Waals surface area contributed by atoms with Crippen LogP contribution in [0.15, 0.2) is 53.6 Å². The number of allylic oxidation sites excluding steroid dienone is 2. The molecule has 0 radical (unpaired) electrons. The molecule has 0 aromatic heterocycles. The predicted molar refractivity (Wildman–Crippen MR) is 152 cm³/mol. The zero-order valence-electron chi connectivity index (χ0n) is 23.1. The van der Waals surface area contributed by atoms with Crippen molar-refractivity contribution in [2.45, 2.75) is 116 Å². The minimum Gasteiger partial charge on any atom is -0.481 e. The maximum absolute atomic E-state index is 11.0. The quantitative estimate of drug-likeness (QED) is 0.102. The zero-order valence-corrected chi connectivity index (χ0v) is 23.1. The molecule has 0 aliphatic carbocycles. The Labute approximate surface area is 224 Å². The topological polar surface area (TPSA) is 110 Å². The number of benzene rings is 1. The molecule has 0 aliphatic heterocycles. The molecule has 1 aromatic carbocycles. The maximum atomic E-state index is 11.0.